The quantitative estimate of drug-likeness (QED) is 0.771. The van der Waals surface area contributed by atoms with E-state index in [9.17, 15) is 0 Å². The molecule has 1 aromatic rings. The zero-order chi connectivity index (χ0) is 12.3. The van der Waals surface area contributed by atoms with Gasteiger partial charge in [0.05, 0.1) is 0 Å². The normalized spacial score (nSPS) is 18.2. The molecule has 0 spiro atoms. The summed E-state index contributed by atoms with van der Waals surface area (Å²) in [5.74, 6) is 0. The van der Waals surface area contributed by atoms with Gasteiger partial charge in [0.2, 0.25) is 0 Å². The molecule has 2 rings (SSSR count). The van der Waals surface area contributed by atoms with Crippen molar-refractivity contribution in [2.24, 2.45) is 5.41 Å². The van der Waals surface area contributed by atoms with Crippen molar-refractivity contribution in [2.75, 3.05) is 17.6 Å². The Morgan fingerprint density at radius 2 is 2.00 bits per heavy atom. The van der Waals surface area contributed by atoms with E-state index in [2.05, 4.69) is 31.3 Å². The molecule has 94 valence electrons. The predicted octanol–water partition coefficient (Wildman–Crippen LogP) is 3.96. The number of benzene rings is 1. The number of hydrogen-bond acceptors (Lipinski definition) is 2. The summed E-state index contributed by atoms with van der Waals surface area (Å²) in [6.07, 6.45) is 6.84. The molecular formula is C15H24N2. The fourth-order valence-electron chi connectivity index (χ4n) is 2.86. The van der Waals surface area contributed by atoms with Crippen molar-refractivity contribution >= 4 is 11.4 Å². The van der Waals surface area contributed by atoms with Gasteiger partial charge in [-0.25, -0.2) is 0 Å². The van der Waals surface area contributed by atoms with Gasteiger partial charge >= 0.3 is 0 Å². The maximum absolute atomic E-state index is 5.83. The minimum Gasteiger partial charge on any atom is -0.399 e. The van der Waals surface area contributed by atoms with Gasteiger partial charge in [0.1, 0.15) is 0 Å². The first-order valence-corrected chi connectivity index (χ1v) is 6.75. The number of aryl methyl sites for hydroxylation is 1. The van der Waals surface area contributed by atoms with Crippen LogP contribution in [0.25, 0.3) is 0 Å². The standard InChI is InChI=1S/C15H24N2/c1-3-15(8-4-5-9-15)11-17-13-6-7-14(16)12(2)10-13/h6-7,10,17H,3-5,8-9,11,16H2,1-2H3. The van der Waals surface area contributed by atoms with E-state index in [1.165, 1.54) is 37.8 Å². The van der Waals surface area contributed by atoms with E-state index in [-0.39, 0.29) is 0 Å². The van der Waals surface area contributed by atoms with Crippen molar-refractivity contribution < 1.29 is 0 Å². The monoisotopic (exact) mass is 232 g/mol. The molecule has 1 fully saturated rings. The summed E-state index contributed by atoms with van der Waals surface area (Å²) in [6, 6.07) is 6.22. The van der Waals surface area contributed by atoms with Gasteiger partial charge in [-0.05, 0) is 55.4 Å². The summed E-state index contributed by atoms with van der Waals surface area (Å²) in [4.78, 5) is 0. The van der Waals surface area contributed by atoms with Gasteiger partial charge < -0.3 is 11.1 Å². The minimum atomic E-state index is 0.537. The van der Waals surface area contributed by atoms with E-state index in [0.717, 1.165) is 17.8 Å². The Labute approximate surface area is 105 Å². The Morgan fingerprint density at radius 3 is 2.59 bits per heavy atom. The molecule has 3 N–H and O–H groups in total. The first-order valence-electron chi connectivity index (χ1n) is 6.75. The first kappa shape index (κ1) is 12.3. The molecule has 0 radical (unpaired) electrons. The van der Waals surface area contributed by atoms with Crippen molar-refractivity contribution in [3.8, 4) is 0 Å². The van der Waals surface area contributed by atoms with Crippen LogP contribution in [0, 0.1) is 12.3 Å². The third kappa shape index (κ3) is 2.74. The molecule has 0 amide bonds. The summed E-state index contributed by atoms with van der Waals surface area (Å²) >= 11 is 0. The van der Waals surface area contributed by atoms with Crippen LogP contribution < -0.4 is 11.1 Å². The second-order valence-electron chi connectivity index (χ2n) is 5.49. The Bertz CT molecular complexity index is 379. The van der Waals surface area contributed by atoms with Gasteiger partial charge in [-0.15, -0.1) is 0 Å². The SMILES string of the molecule is CCC1(CNc2ccc(N)c(C)c2)CCCC1. The zero-order valence-corrected chi connectivity index (χ0v) is 11.1. The lowest BCUT2D eigenvalue weighted by Gasteiger charge is -2.28. The summed E-state index contributed by atoms with van der Waals surface area (Å²) in [6.45, 7) is 5.49. The van der Waals surface area contributed by atoms with Crippen LogP contribution in [0.4, 0.5) is 11.4 Å². The van der Waals surface area contributed by atoms with Crippen LogP contribution in [0.5, 0.6) is 0 Å². The van der Waals surface area contributed by atoms with Crippen molar-refractivity contribution in [1.82, 2.24) is 0 Å². The third-order valence-corrected chi connectivity index (χ3v) is 4.35. The second-order valence-corrected chi connectivity index (χ2v) is 5.49. The van der Waals surface area contributed by atoms with Crippen LogP contribution >= 0.6 is 0 Å². The Kier molecular flexibility index (Phi) is 3.60. The van der Waals surface area contributed by atoms with E-state index < -0.39 is 0 Å². The van der Waals surface area contributed by atoms with Crippen LogP contribution in [0.2, 0.25) is 0 Å². The zero-order valence-electron chi connectivity index (χ0n) is 11.1. The number of nitrogens with one attached hydrogen (secondary N) is 1. The highest BCUT2D eigenvalue weighted by atomic mass is 14.9. The Balaban J connectivity index is 1.99. The molecule has 0 bridgehead atoms. The maximum Gasteiger partial charge on any atom is 0.0345 e. The van der Waals surface area contributed by atoms with E-state index in [4.69, 9.17) is 5.73 Å². The molecule has 1 aliphatic carbocycles. The fraction of sp³-hybridized carbons (Fsp3) is 0.600. The van der Waals surface area contributed by atoms with Gasteiger partial charge in [0.15, 0.2) is 0 Å². The van der Waals surface area contributed by atoms with E-state index in [1.54, 1.807) is 0 Å². The molecule has 0 saturated heterocycles. The highest BCUT2D eigenvalue weighted by Gasteiger charge is 2.31. The lowest BCUT2D eigenvalue weighted by Crippen LogP contribution is -2.25. The van der Waals surface area contributed by atoms with Gasteiger partial charge in [-0.1, -0.05) is 19.8 Å². The molecule has 0 unspecified atom stereocenters. The van der Waals surface area contributed by atoms with Crippen molar-refractivity contribution in [3.63, 3.8) is 0 Å². The molecule has 2 heteroatoms. The van der Waals surface area contributed by atoms with Crippen LogP contribution in [-0.4, -0.2) is 6.54 Å². The van der Waals surface area contributed by atoms with Crippen LogP contribution in [0.15, 0.2) is 18.2 Å². The summed E-state index contributed by atoms with van der Waals surface area (Å²) < 4.78 is 0. The highest BCUT2D eigenvalue weighted by Crippen LogP contribution is 2.40. The summed E-state index contributed by atoms with van der Waals surface area (Å²) in [5.41, 5.74) is 9.61. The molecular weight excluding hydrogens is 208 g/mol. The van der Waals surface area contributed by atoms with Crippen LogP contribution in [0.1, 0.15) is 44.6 Å². The fourth-order valence-corrected chi connectivity index (χ4v) is 2.86. The minimum absolute atomic E-state index is 0.537. The highest BCUT2D eigenvalue weighted by molar-refractivity contribution is 5.56. The van der Waals surface area contributed by atoms with Gasteiger partial charge in [-0.3, -0.25) is 0 Å². The molecule has 2 nitrogen and oxygen atoms in total. The van der Waals surface area contributed by atoms with Crippen LogP contribution in [-0.2, 0) is 0 Å². The van der Waals surface area contributed by atoms with Gasteiger partial charge in [0, 0.05) is 17.9 Å². The van der Waals surface area contributed by atoms with Crippen LogP contribution in [0.3, 0.4) is 0 Å². The van der Waals surface area contributed by atoms with E-state index in [1.807, 2.05) is 6.07 Å². The third-order valence-electron chi connectivity index (χ3n) is 4.35. The Morgan fingerprint density at radius 1 is 1.29 bits per heavy atom. The summed E-state index contributed by atoms with van der Waals surface area (Å²) in [5, 5.41) is 3.59. The molecule has 17 heavy (non-hydrogen) atoms. The number of nitrogens with two attached hydrogens (primary N) is 1. The number of nitrogen functional groups attached to an aromatic ring is 1. The van der Waals surface area contributed by atoms with E-state index in [0.29, 0.717) is 5.41 Å². The van der Waals surface area contributed by atoms with Crippen molar-refractivity contribution in [3.05, 3.63) is 23.8 Å². The average molecular weight is 232 g/mol. The van der Waals surface area contributed by atoms with Crippen molar-refractivity contribution in [1.29, 1.82) is 0 Å². The molecule has 0 atom stereocenters. The predicted molar refractivity (Wildman–Crippen MR) is 75.3 cm³/mol. The topological polar surface area (TPSA) is 38.0 Å². The molecule has 1 aromatic carbocycles. The second kappa shape index (κ2) is 4.99. The molecule has 0 heterocycles. The number of rotatable bonds is 4. The average Bonchev–Trinajstić information content (AvgIpc) is 2.80. The number of hydrogen-bond donors (Lipinski definition) is 2. The number of anilines is 2. The molecule has 0 aliphatic heterocycles. The van der Waals surface area contributed by atoms with Gasteiger partial charge in [-0.2, -0.15) is 0 Å². The van der Waals surface area contributed by atoms with Gasteiger partial charge in [0.25, 0.3) is 0 Å². The van der Waals surface area contributed by atoms with Crippen molar-refractivity contribution in [2.45, 2.75) is 46.0 Å². The maximum atomic E-state index is 5.83. The summed E-state index contributed by atoms with van der Waals surface area (Å²) in [7, 11) is 0. The largest absolute Gasteiger partial charge is 0.399 e. The lowest BCUT2D eigenvalue weighted by atomic mass is 9.83. The smallest absolute Gasteiger partial charge is 0.0345 e. The van der Waals surface area contributed by atoms with E-state index >= 15 is 0 Å². The molecule has 1 aliphatic rings. The molecule has 1 saturated carbocycles. The lowest BCUT2D eigenvalue weighted by molar-refractivity contribution is 0.307. The Hall–Kier alpha value is -1.18. The first-order chi connectivity index (χ1) is 8.15. The molecule has 0 aromatic heterocycles.